The smallest absolute Gasteiger partial charge is 0.416 e. The van der Waals surface area contributed by atoms with Gasteiger partial charge in [0.1, 0.15) is 5.75 Å². The molecular weight excluding hydrogens is 339 g/mol. The number of phenols is 1. The molecule has 126 valence electrons. The lowest BCUT2D eigenvalue weighted by Crippen LogP contribution is -2.06. The third-order valence-electron chi connectivity index (χ3n) is 3.56. The third-order valence-corrected chi connectivity index (χ3v) is 4.00. The SMILES string of the molecule is CSNCc1nn(-c2ccc(C(F)(F)F)cc2)c2ccc(O)cc12. The number of nitrogens with one attached hydrogen (secondary N) is 1. The predicted molar refractivity (Wildman–Crippen MR) is 88.1 cm³/mol. The van der Waals surface area contributed by atoms with E-state index in [1.54, 1.807) is 16.8 Å². The van der Waals surface area contributed by atoms with Crippen LogP contribution in [0.4, 0.5) is 13.2 Å². The Kier molecular flexibility index (Phi) is 4.42. The Morgan fingerprint density at radius 3 is 2.50 bits per heavy atom. The first kappa shape index (κ1) is 16.7. The first-order valence-corrected chi connectivity index (χ1v) is 8.26. The Hall–Kier alpha value is -2.19. The van der Waals surface area contributed by atoms with Crippen molar-refractivity contribution >= 4 is 22.9 Å². The second-order valence-electron chi connectivity index (χ2n) is 5.13. The van der Waals surface area contributed by atoms with Crippen LogP contribution in [0.1, 0.15) is 11.3 Å². The Morgan fingerprint density at radius 2 is 1.88 bits per heavy atom. The fourth-order valence-corrected chi connectivity index (χ4v) is 2.71. The van der Waals surface area contributed by atoms with Crippen LogP contribution in [0.25, 0.3) is 16.6 Å². The fraction of sp³-hybridized carbons (Fsp3) is 0.188. The van der Waals surface area contributed by atoms with E-state index in [9.17, 15) is 18.3 Å². The minimum atomic E-state index is -4.37. The van der Waals surface area contributed by atoms with Gasteiger partial charge in [-0.2, -0.15) is 18.3 Å². The zero-order valence-corrected chi connectivity index (χ0v) is 13.4. The average Bonchev–Trinajstić information content (AvgIpc) is 2.90. The summed E-state index contributed by atoms with van der Waals surface area (Å²) in [7, 11) is 0. The Balaban J connectivity index is 2.09. The zero-order valence-electron chi connectivity index (χ0n) is 12.6. The molecule has 0 bridgehead atoms. The number of rotatable bonds is 4. The molecule has 3 aromatic rings. The fourth-order valence-electron chi connectivity index (χ4n) is 2.43. The number of alkyl halides is 3. The Morgan fingerprint density at radius 1 is 1.17 bits per heavy atom. The second kappa shape index (κ2) is 6.37. The number of fused-ring (bicyclic) bond motifs is 1. The molecule has 0 saturated heterocycles. The van der Waals surface area contributed by atoms with Crippen LogP contribution in [-0.4, -0.2) is 21.1 Å². The monoisotopic (exact) mass is 353 g/mol. The summed E-state index contributed by atoms with van der Waals surface area (Å²) in [5.41, 5.74) is 1.24. The van der Waals surface area contributed by atoms with E-state index in [2.05, 4.69) is 9.82 Å². The molecule has 0 aliphatic rings. The van der Waals surface area contributed by atoms with E-state index >= 15 is 0 Å². The van der Waals surface area contributed by atoms with Crippen molar-refractivity contribution in [3.8, 4) is 11.4 Å². The third kappa shape index (κ3) is 3.20. The first-order chi connectivity index (χ1) is 11.4. The van der Waals surface area contributed by atoms with Gasteiger partial charge in [-0.3, -0.25) is 4.72 Å². The minimum Gasteiger partial charge on any atom is -0.508 e. The van der Waals surface area contributed by atoms with Gasteiger partial charge >= 0.3 is 6.18 Å². The van der Waals surface area contributed by atoms with Crippen LogP contribution in [-0.2, 0) is 12.7 Å². The standard InChI is InChI=1S/C16H14F3N3OS/c1-24-20-9-14-13-8-12(23)6-7-15(13)22(21-14)11-4-2-10(3-5-11)16(17,18)19/h2-8,20,23H,9H2,1H3. The number of hydrogen-bond acceptors (Lipinski definition) is 4. The van der Waals surface area contributed by atoms with Gasteiger partial charge in [0.15, 0.2) is 0 Å². The number of nitrogens with zero attached hydrogens (tertiary/aromatic N) is 2. The molecule has 2 N–H and O–H groups in total. The molecule has 0 spiro atoms. The molecule has 0 fully saturated rings. The summed E-state index contributed by atoms with van der Waals surface area (Å²) in [6.45, 7) is 0.467. The molecule has 3 rings (SSSR count). The number of benzene rings is 2. The zero-order chi connectivity index (χ0) is 17.3. The summed E-state index contributed by atoms with van der Waals surface area (Å²) in [6.07, 6.45) is -2.49. The van der Waals surface area contributed by atoms with Crippen molar-refractivity contribution in [2.75, 3.05) is 6.26 Å². The lowest BCUT2D eigenvalue weighted by atomic mass is 10.2. The molecule has 24 heavy (non-hydrogen) atoms. The Bertz CT molecular complexity index is 859. The maximum absolute atomic E-state index is 12.7. The molecule has 1 aromatic heterocycles. The second-order valence-corrected chi connectivity index (χ2v) is 5.83. The van der Waals surface area contributed by atoms with Gasteiger partial charge in [0, 0.05) is 5.39 Å². The number of phenolic OH excluding ortho intramolecular Hbond substituents is 1. The first-order valence-electron chi connectivity index (χ1n) is 7.04. The topological polar surface area (TPSA) is 50.1 Å². The summed E-state index contributed by atoms with van der Waals surface area (Å²) >= 11 is 1.43. The highest BCUT2D eigenvalue weighted by molar-refractivity contribution is 7.96. The molecule has 0 atom stereocenters. The average molecular weight is 353 g/mol. The highest BCUT2D eigenvalue weighted by Crippen LogP contribution is 2.31. The van der Waals surface area contributed by atoms with E-state index in [0.29, 0.717) is 23.4 Å². The van der Waals surface area contributed by atoms with Crippen molar-refractivity contribution < 1.29 is 18.3 Å². The summed E-state index contributed by atoms with van der Waals surface area (Å²) < 4.78 is 42.8. The van der Waals surface area contributed by atoms with E-state index in [1.165, 1.54) is 30.1 Å². The van der Waals surface area contributed by atoms with Gasteiger partial charge in [-0.25, -0.2) is 4.68 Å². The van der Waals surface area contributed by atoms with Crippen molar-refractivity contribution in [3.63, 3.8) is 0 Å². The van der Waals surface area contributed by atoms with E-state index in [-0.39, 0.29) is 5.75 Å². The van der Waals surface area contributed by atoms with Gasteiger partial charge in [0.25, 0.3) is 0 Å². The van der Waals surface area contributed by atoms with E-state index in [4.69, 9.17) is 0 Å². The highest BCUT2D eigenvalue weighted by atomic mass is 32.2. The predicted octanol–water partition coefficient (Wildman–Crippen LogP) is 4.12. The van der Waals surface area contributed by atoms with Gasteiger partial charge in [-0.15, -0.1) is 0 Å². The van der Waals surface area contributed by atoms with Gasteiger partial charge in [0.2, 0.25) is 0 Å². The largest absolute Gasteiger partial charge is 0.508 e. The van der Waals surface area contributed by atoms with Gasteiger partial charge in [-0.05, 0) is 48.7 Å². The number of aromatic hydroxyl groups is 1. The van der Waals surface area contributed by atoms with Gasteiger partial charge < -0.3 is 5.11 Å². The van der Waals surface area contributed by atoms with Crippen molar-refractivity contribution in [2.45, 2.75) is 12.7 Å². The van der Waals surface area contributed by atoms with Crippen LogP contribution in [0, 0.1) is 0 Å². The molecule has 0 saturated carbocycles. The van der Waals surface area contributed by atoms with E-state index in [0.717, 1.165) is 17.5 Å². The summed E-state index contributed by atoms with van der Waals surface area (Å²) in [5.74, 6) is 0.111. The molecule has 0 amide bonds. The molecule has 8 heteroatoms. The van der Waals surface area contributed by atoms with Gasteiger partial charge in [0.05, 0.1) is 29.0 Å². The molecule has 0 radical (unpaired) electrons. The minimum absolute atomic E-state index is 0.111. The molecule has 4 nitrogen and oxygen atoms in total. The van der Waals surface area contributed by atoms with Crippen LogP contribution in [0.2, 0.25) is 0 Å². The molecule has 0 unspecified atom stereocenters. The molecule has 1 heterocycles. The van der Waals surface area contributed by atoms with Crippen molar-refractivity contribution in [2.24, 2.45) is 0 Å². The lowest BCUT2D eigenvalue weighted by molar-refractivity contribution is -0.137. The number of halogens is 3. The summed E-state index contributed by atoms with van der Waals surface area (Å²) in [5, 5.41) is 14.9. The maximum atomic E-state index is 12.7. The molecule has 0 aliphatic heterocycles. The van der Waals surface area contributed by atoms with Crippen LogP contribution in [0.3, 0.4) is 0 Å². The van der Waals surface area contributed by atoms with Crippen LogP contribution in [0.15, 0.2) is 42.5 Å². The van der Waals surface area contributed by atoms with Crippen LogP contribution < -0.4 is 4.72 Å². The maximum Gasteiger partial charge on any atom is 0.416 e. The Labute approximate surface area is 140 Å². The summed E-state index contributed by atoms with van der Waals surface area (Å²) in [4.78, 5) is 0. The van der Waals surface area contributed by atoms with Crippen molar-refractivity contribution in [3.05, 3.63) is 53.7 Å². The van der Waals surface area contributed by atoms with E-state index in [1.807, 2.05) is 6.26 Å². The normalized spacial score (nSPS) is 12.0. The molecular formula is C16H14F3N3OS. The molecule has 2 aromatic carbocycles. The van der Waals surface area contributed by atoms with Crippen molar-refractivity contribution in [1.82, 2.24) is 14.5 Å². The van der Waals surface area contributed by atoms with Crippen LogP contribution >= 0.6 is 11.9 Å². The van der Waals surface area contributed by atoms with Crippen molar-refractivity contribution in [1.29, 1.82) is 0 Å². The number of hydrogen-bond donors (Lipinski definition) is 2. The van der Waals surface area contributed by atoms with Crippen LogP contribution in [0.5, 0.6) is 5.75 Å². The summed E-state index contributed by atoms with van der Waals surface area (Å²) in [6, 6.07) is 9.64. The number of aromatic nitrogens is 2. The highest BCUT2D eigenvalue weighted by Gasteiger charge is 2.30. The molecule has 0 aliphatic carbocycles. The van der Waals surface area contributed by atoms with Gasteiger partial charge in [-0.1, -0.05) is 11.9 Å². The lowest BCUT2D eigenvalue weighted by Gasteiger charge is -2.08. The quantitative estimate of drug-likeness (QED) is 0.693. The van der Waals surface area contributed by atoms with E-state index < -0.39 is 11.7 Å².